The van der Waals surface area contributed by atoms with Gasteiger partial charge in [0.05, 0.1) is 0 Å². The van der Waals surface area contributed by atoms with Crippen LogP contribution in [0.3, 0.4) is 0 Å². The molecule has 0 atom stereocenters. The number of rotatable bonds is 0. The van der Waals surface area contributed by atoms with Gasteiger partial charge in [0.2, 0.25) is 0 Å². The van der Waals surface area contributed by atoms with Gasteiger partial charge in [0.15, 0.2) is 0 Å². The number of hydrogen-bond acceptors (Lipinski definition) is 2. The summed E-state index contributed by atoms with van der Waals surface area (Å²) in [7, 11) is 0. The fraction of sp³-hybridized carbons (Fsp3) is 0. The number of nitrogens with zero attached hydrogens (tertiary/aromatic N) is 2. The van der Waals surface area contributed by atoms with Crippen molar-refractivity contribution in [2.24, 2.45) is 0 Å². The number of carbonyl (C=O) groups is 2. The highest BCUT2D eigenvalue weighted by atomic mass is 35.5. The van der Waals surface area contributed by atoms with Crippen LogP contribution in [0.25, 0.3) is 9.69 Å². The molecule has 2 amide bonds. The first-order valence-electron chi connectivity index (χ1n) is 1.68. The molecule has 0 fully saturated rings. The van der Waals surface area contributed by atoms with E-state index in [1.165, 1.54) is 0 Å². The van der Waals surface area contributed by atoms with E-state index in [1.54, 1.807) is 0 Å². The Morgan fingerprint density at radius 2 is 1.00 bits per heavy atom. The Balaban J connectivity index is -0.0000000457. The van der Waals surface area contributed by atoms with Gasteiger partial charge in [0.25, 0.3) is 0 Å². The minimum Gasteiger partial charge on any atom is -0.285 e. The Morgan fingerprint density at radius 1 is 0.917 bits per heavy atom. The Kier molecular flexibility index (Phi) is 30.6. The lowest BCUT2D eigenvalue weighted by atomic mass is 11.3. The largest absolute Gasteiger partial charge is 0.547 e. The molecule has 68 valence electrons. The van der Waals surface area contributed by atoms with Gasteiger partial charge >= 0.3 is 12.3 Å². The predicted molar refractivity (Wildman–Crippen MR) is 40.7 cm³/mol. The molecule has 0 unspecified atom stereocenters. The molecule has 12 heavy (non-hydrogen) atoms. The summed E-state index contributed by atoms with van der Waals surface area (Å²) in [6.45, 7) is 11.1. The van der Waals surface area contributed by atoms with Crippen molar-refractivity contribution in [2.45, 2.75) is 0 Å². The van der Waals surface area contributed by atoms with E-state index in [-0.39, 0.29) is 24.8 Å². The second-order valence-corrected chi connectivity index (χ2v) is 0.730. The molecule has 0 aromatic heterocycles. The van der Waals surface area contributed by atoms with Crippen molar-refractivity contribution in [3.8, 4) is 0 Å². The highest BCUT2D eigenvalue weighted by Gasteiger charge is 1.84. The molecule has 0 rings (SSSR count). The highest BCUT2D eigenvalue weighted by Crippen LogP contribution is 1.72. The fourth-order valence-electron chi connectivity index (χ4n) is 0. The molecule has 4 nitrogen and oxygen atoms in total. The topological polar surface area (TPSA) is 42.9 Å². The van der Waals surface area contributed by atoms with Crippen molar-refractivity contribution in [1.29, 1.82) is 0 Å². The van der Waals surface area contributed by atoms with Crippen LogP contribution in [0.4, 0.5) is 18.4 Å². The predicted octanol–water partition coefficient (Wildman–Crippen LogP) is 2.83. The smallest absolute Gasteiger partial charge is 0.285 e. The summed E-state index contributed by atoms with van der Waals surface area (Å²) in [5, 5.41) is 0. The normalized spacial score (nSPS) is 4.67. The maximum absolute atomic E-state index is 10.4. The van der Waals surface area contributed by atoms with Crippen LogP contribution in [0.1, 0.15) is 0 Å². The molecule has 0 N–H and O–H groups in total. The summed E-state index contributed by atoms with van der Waals surface area (Å²) in [4.78, 5) is 21.2. The highest BCUT2D eigenvalue weighted by molar-refractivity contribution is 5.85. The van der Waals surface area contributed by atoms with E-state index in [0.717, 1.165) is 0 Å². The van der Waals surface area contributed by atoms with E-state index in [1.807, 2.05) is 9.69 Å². The van der Waals surface area contributed by atoms with Gasteiger partial charge in [0.1, 0.15) is 13.1 Å². The van der Waals surface area contributed by atoms with E-state index in [4.69, 9.17) is 22.7 Å². The maximum atomic E-state index is 10.4. The molecule has 0 spiro atoms. The molecule has 0 radical (unpaired) electrons. The first-order chi connectivity index (χ1) is 4.54. The molecular weight excluding hydrogens is 217 g/mol. The molecule has 0 aliphatic heterocycles. The van der Waals surface area contributed by atoms with Crippen LogP contribution in [0.2, 0.25) is 0 Å². The van der Waals surface area contributed by atoms with Gasteiger partial charge in [-0.05, 0) is 0 Å². The van der Waals surface area contributed by atoms with Crippen LogP contribution in [0, 0.1) is 13.1 Å². The zero-order valence-corrected chi connectivity index (χ0v) is 6.92. The Bertz CT molecular complexity index is 196. The van der Waals surface area contributed by atoms with Crippen molar-refractivity contribution in [2.75, 3.05) is 0 Å². The van der Waals surface area contributed by atoms with Gasteiger partial charge < -0.3 is 0 Å². The van der Waals surface area contributed by atoms with Gasteiger partial charge in [-0.3, -0.25) is 9.59 Å². The Labute approximate surface area is 79.0 Å². The lowest BCUT2D eigenvalue weighted by molar-refractivity contribution is 0.237. The van der Waals surface area contributed by atoms with E-state index in [9.17, 15) is 8.78 Å². The third-order valence-corrected chi connectivity index (χ3v) is 0.176. The lowest BCUT2D eigenvalue weighted by Gasteiger charge is -1.51. The van der Waals surface area contributed by atoms with Crippen LogP contribution >= 0.6 is 24.8 Å². The first-order valence-corrected chi connectivity index (χ1v) is 1.68. The molecule has 0 aliphatic rings. The summed E-state index contributed by atoms with van der Waals surface area (Å²) in [5.74, 6) is 0. The van der Waals surface area contributed by atoms with Crippen molar-refractivity contribution < 1.29 is 18.4 Å². The van der Waals surface area contributed by atoms with Crippen molar-refractivity contribution in [3.63, 3.8) is 0 Å². The Morgan fingerprint density at radius 3 is 1.00 bits per heavy atom. The number of amides is 2. The molecule has 0 aliphatic carbocycles. The van der Waals surface area contributed by atoms with E-state index < -0.39 is 12.3 Å². The molecular formula is C4H2Cl2F2N2O2. The second kappa shape index (κ2) is 16.4. The van der Waals surface area contributed by atoms with Crippen LogP contribution in [-0.2, 0) is 0 Å². The van der Waals surface area contributed by atoms with Crippen molar-refractivity contribution in [1.82, 2.24) is 0 Å². The van der Waals surface area contributed by atoms with Crippen molar-refractivity contribution >= 4 is 37.1 Å². The number of hydrogen-bond donors (Lipinski definition) is 0. The van der Waals surface area contributed by atoms with Crippen LogP contribution < -0.4 is 0 Å². The summed E-state index contributed by atoms with van der Waals surface area (Å²) in [6.07, 6.45) is -3.91. The van der Waals surface area contributed by atoms with E-state index in [2.05, 4.69) is 0 Å². The monoisotopic (exact) mass is 218 g/mol. The Hall–Kier alpha value is -1.24. The van der Waals surface area contributed by atoms with Crippen LogP contribution in [-0.4, -0.2) is 12.3 Å². The SMILES string of the molecule is Cl.Cl.[C-]#[N+]C(=O)F.[C-]#[N+]C(=O)F. The van der Waals surface area contributed by atoms with Gasteiger partial charge in [-0.2, -0.15) is 9.69 Å². The molecule has 0 heterocycles. The first kappa shape index (κ1) is 22.4. The molecule has 8 heteroatoms. The standard InChI is InChI=1S/2C2FNO.2ClH/c2*1-4-2(3)5;;/h;;2*1H. The van der Waals surface area contributed by atoms with Gasteiger partial charge in [0, 0.05) is 0 Å². The quantitative estimate of drug-likeness (QED) is 0.357. The van der Waals surface area contributed by atoms with E-state index in [0.29, 0.717) is 0 Å². The third-order valence-electron chi connectivity index (χ3n) is 0.176. The molecule has 0 aromatic rings. The molecule has 0 bridgehead atoms. The average Bonchev–Trinajstić information content (AvgIpc) is 1.89. The summed E-state index contributed by atoms with van der Waals surface area (Å²) >= 11 is 0. The van der Waals surface area contributed by atoms with Gasteiger partial charge in [-0.15, -0.1) is 24.8 Å². The summed E-state index contributed by atoms with van der Waals surface area (Å²) < 4.78 is 20.9. The minimum absolute atomic E-state index is 0. The summed E-state index contributed by atoms with van der Waals surface area (Å²) in [5.41, 5.74) is 0. The second-order valence-electron chi connectivity index (χ2n) is 0.730. The maximum Gasteiger partial charge on any atom is 0.547 e. The molecule has 0 saturated heterocycles. The average molecular weight is 219 g/mol. The number of carbonyl (C=O) groups excluding carboxylic acids is 2. The number of halogens is 4. The molecule has 0 aromatic carbocycles. The van der Waals surface area contributed by atoms with Gasteiger partial charge in [-0.25, -0.2) is 8.78 Å². The van der Waals surface area contributed by atoms with E-state index >= 15 is 0 Å². The third kappa shape index (κ3) is 69.2. The van der Waals surface area contributed by atoms with Crippen LogP contribution in [0.15, 0.2) is 0 Å². The zero-order valence-electron chi connectivity index (χ0n) is 5.28. The van der Waals surface area contributed by atoms with Gasteiger partial charge in [-0.1, -0.05) is 0 Å². The zero-order chi connectivity index (χ0) is 8.57. The van der Waals surface area contributed by atoms with Crippen molar-refractivity contribution in [3.05, 3.63) is 22.8 Å². The molecule has 0 saturated carbocycles. The minimum atomic E-state index is -1.95. The fourth-order valence-corrected chi connectivity index (χ4v) is 0. The lowest BCUT2D eigenvalue weighted by Crippen LogP contribution is -1.60. The van der Waals surface area contributed by atoms with Crippen LogP contribution in [0.5, 0.6) is 0 Å². The summed E-state index contributed by atoms with van der Waals surface area (Å²) in [6, 6.07) is 0.